The van der Waals surface area contributed by atoms with Gasteiger partial charge < -0.3 is 4.74 Å². The molecule has 0 aromatic carbocycles. The summed E-state index contributed by atoms with van der Waals surface area (Å²) in [5, 5.41) is 8.36. The maximum atomic E-state index is 8.36. The van der Waals surface area contributed by atoms with Crippen LogP contribution in [0, 0.1) is 11.3 Å². The second-order valence-electron chi connectivity index (χ2n) is 4.10. The lowest BCUT2D eigenvalue weighted by atomic mass is 10.1. The summed E-state index contributed by atoms with van der Waals surface area (Å²) in [7, 11) is 0. The normalized spacial score (nSPS) is 18.8. The average molecular weight is 195 g/mol. The van der Waals surface area contributed by atoms with Crippen molar-refractivity contribution < 1.29 is 4.74 Å². The molecule has 0 unspecified atom stereocenters. The van der Waals surface area contributed by atoms with Gasteiger partial charge in [-0.3, -0.25) is 0 Å². The summed E-state index contributed by atoms with van der Waals surface area (Å²) in [6.45, 7) is 0.854. The zero-order chi connectivity index (χ0) is 10.1. The number of hydrogen-bond acceptors (Lipinski definition) is 2. The number of rotatable bonds is 5. The van der Waals surface area contributed by atoms with Crippen molar-refractivity contribution in [3.8, 4) is 6.07 Å². The molecule has 1 aliphatic carbocycles. The van der Waals surface area contributed by atoms with Gasteiger partial charge in [0, 0.05) is 13.0 Å². The molecular weight excluding hydrogens is 174 g/mol. The first-order valence-electron chi connectivity index (χ1n) is 5.92. The van der Waals surface area contributed by atoms with Gasteiger partial charge in [-0.1, -0.05) is 25.7 Å². The quantitative estimate of drug-likeness (QED) is 0.497. The Kier molecular flexibility index (Phi) is 6.43. The first kappa shape index (κ1) is 11.5. The monoisotopic (exact) mass is 195 g/mol. The van der Waals surface area contributed by atoms with E-state index in [0.29, 0.717) is 12.5 Å². The Morgan fingerprint density at radius 3 is 2.43 bits per heavy atom. The highest BCUT2D eigenvalue weighted by Gasteiger charge is 2.11. The van der Waals surface area contributed by atoms with Gasteiger partial charge in [-0.2, -0.15) is 5.26 Å². The third-order valence-electron chi connectivity index (χ3n) is 2.84. The van der Waals surface area contributed by atoms with Crippen LogP contribution >= 0.6 is 0 Å². The molecule has 0 bridgehead atoms. The minimum Gasteiger partial charge on any atom is -0.378 e. The molecule has 0 aromatic rings. The smallest absolute Gasteiger partial charge is 0.0621 e. The maximum absolute atomic E-state index is 8.36. The van der Waals surface area contributed by atoms with Gasteiger partial charge in [-0.05, 0) is 25.7 Å². The minimum atomic E-state index is 0.514. The number of hydrogen-bond donors (Lipinski definition) is 0. The first-order valence-corrected chi connectivity index (χ1v) is 5.92. The fraction of sp³-hybridized carbons (Fsp3) is 0.917. The summed E-state index contributed by atoms with van der Waals surface area (Å²) < 4.78 is 5.80. The van der Waals surface area contributed by atoms with E-state index in [1.807, 2.05) is 0 Å². The molecule has 0 atom stereocenters. The molecule has 0 spiro atoms. The maximum Gasteiger partial charge on any atom is 0.0621 e. The molecule has 2 nitrogen and oxygen atoms in total. The Hall–Kier alpha value is -0.550. The second-order valence-corrected chi connectivity index (χ2v) is 4.10. The molecule has 0 N–H and O–H groups in total. The highest BCUT2D eigenvalue weighted by atomic mass is 16.5. The first-order chi connectivity index (χ1) is 6.93. The molecule has 14 heavy (non-hydrogen) atoms. The lowest BCUT2D eigenvalue weighted by Gasteiger charge is -2.14. The van der Waals surface area contributed by atoms with Crippen molar-refractivity contribution in [3.05, 3.63) is 0 Å². The molecule has 0 radical (unpaired) electrons. The Morgan fingerprint density at radius 1 is 1.07 bits per heavy atom. The Bertz CT molecular complexity index is 166. The van der Waals surface area contributed by atoms with E-state index in [1.165, 1.54) is 38.5 Å². The number of unbranched alkanes of at least 4 members (excludes halogenated alkanes) is 2. The Morgan fingerprint density at radius 2 is 1.79 bits per heavy atom. The summed E-state index contributed by atoms with van der Waals surface area (Å²) in [6, 6.07) is 2.16. The van der Waals surface area contributed by atoms with Crippen LogP contribution in [0.1, 0.15) is 57.8 Å². The molecule has 0 heterocycles. The highest BCUT2D eigenvalue weighted by Crippen LogP contribution is 2.19. The third kappa shape index (κ3) is 5.24. The lowest BCUT2D eigenvalue weighted by Crippen LogP contribution is -2.12. The predicted molar refractivity (Wildman–Crippen MR) is 56.9 cm³/mol. The number of nitriles is 1. The van der Waals surface area contributed by atoms with E-state index in [1.54, 1.807) is 0 Å². The second kappa shape index (κ2) is 7.82. The van der Waals surface area contributed by atoms with E-state index in [4.69, 9.17) is 10.00 Å². The van der Waals surface area contributed by atoms with Crippen LogP contribution in [0.3, 0.4) is 0 Å². The standard InChI is InChI=1S/C12H21NO/c13-10-6-3-7-11-14-12-8-4-1-2-5-9-12/h12H,1-9,11H2. The van der Waals surface area contributed by atoms with Crippen LogP contribution in [0.15, 0.2) is 0 Å². The van der Waals surface area contributed by atoms with Gasteiger partial charge in [0.15, 0.2) is 0 Å². The van der Waals surface area contributed by atoms with Crippen molar-refractivity contribution >= 4 is 0 Å². The molecule has 0 aromatic heterocycles. The van der Waals surface area contributed by atoms with Crippen molar-refractivity contribution in [1.82, 2.24) is 0 Å². The SMILES string of the molecule is N#CCCCCOC1CCCCCC1. The molecular formula is C12H21NO. The summed E-state index contributed by atoms with van der Waals surface area (Å²) in [4.78, 5) is 0. The minimum absolute atomic E-state index is 0.514. The molecule has 1 aliphatic rings. The van der Waals surface area contributed by atoms with Crippen molar-refractivity contribution in [2.75, 3.05) is 6.61 Å². The summed E-state index contributed by atoms with van der Waals surface area (Å²) >= 11 is 0. The molecule has 2 heteroatoms. The van der Waals surface area contributed by atoms with Crippen LogP contribution in [0.5, 0.6) is 0 Å². The van der Waals surface area contributed by atoms with E-state index in [0.717, 1.165) is 19.4 Å². The van der Waals surface area contributed by atoms with Gasteiger partial charge in [0.1, 0.15) is 0 Å². The summed E-state index contributed by atoms with van der Waals surface area (Å²) in [5.74, 6) is 0. The van der Waals surface area contributed by atoms with Crippen LogP contribution in [0.2, 0.25) is 0 Å². The number of ether oxygens (including phenoxy) is 1. The van der Waals surface area contributed by atoms with Gasteiger partial charge >= 0.3 is 0 Å². The molecule has 0 aliphatic heterocycles. The fourth-order valence-corrected chi connectivity index (χ4v) is 1.96. The van der Waals surface area contributed by atoms with Crippen LogP contribution < -0.4 is 0 Å². The van der Waals surface area contributed by atoms with Gasteiger partial charge in [-0.15, -0.1) is 0 Å². The van der Waals surface area contributed by atoms with Crippen molar-refractivity contribution in [3.63, 3.8) is 0 Å². The van der Waals surface area contributed by atoms with Gasteiger partial charge in [-0.25, -0.2) is 0 Å². The van der Waals surface area contributed by atoms with E-state index in [2.05, 4.69) is 6.07 Å². The van der Waals surface area contributed by atoms with E-state index in [-0.39, 0.29) is 0 Å². The predicted octanol–water partition coefficient (Wildman–Crippen LogP) is 3.42. The average Bonchev–Trinajstić information content (AvgIpc) is 2.46. The van der Waals surface area contributed by atoms with Gasteiger partial charge in [0.2, 0.25) is 0 Å². The van der Waals surface area contributed by atoms with Crippen LogP contribution in [0.25, 0.3) is 0 Å². The van der Waals surface area contributed by atoms with Crippen molar-refractivity contribution in [2.45, 2.75) is 63.9 Å². The Labute approximate surface area is 87.3 Å². The fourth-order valence-electron chi connectivity index (χ4n) is 1.96. The summed E-state index contributed by atoms with van der Waals surface area (Å²) in [5.41, 5.74) is 0. The number of nitrogens with zero attached hydrogens (tertiary/aromatic N) is 1. The van der Waals surface area contributed by atoms with Crippen LogP contribution in [-0.4, -0.2) is 12.7 Å². The van der Waals surface area contributed by atoms with Gasteiger partial charge in [0.05, 0.1) is 12.2 Å². The molecule has 1 rings (SSSR count). The lowest BCUT2D eigenvalue weighted by molar-refractivity contribution is 0.0411. The van der Waals surface area contributed by atoms with Crippen molar-refractivity contribution in [1.29, 1.82) is 5.26 Å². The molecule has 0 amide bonds. The zero-order valence-corrected chi connectivity index (χ0v) is 9.00. The molecule has 1 fully saturated rings. The third-order valence-corrected chi connectivity index (χ3v) is 2.84. The molecule has 80 valence electrons. The van der Waals surface area contributed by atoms with E-state index < -0.39 is 0 Å². The summed E-state index contributed by atoms with van der Waals surface area (Å²) in [6.07, 6.45) is 11.2. The van der Waals surface area contributed by atoms with Crippen LogP contribution in [0.4, 0.5) is 0 Å². The Balaban J connectivity index is 1.96. The largest absolute Gasteiger partial charge is 0.378 e. The highest BCUT2D eigenvalue weighted by molar-refractivity contribution is 4.68. The van der Waals surface area contributed by atoms with Gasteiger partial charge in [0.25, 0.3) is 0 Å². The molecule has 0 saturated heterocycles. The van der Waals surface area contributed by atoms with Crippen LogP contribution in [-0.2, 0) is 4.74 Å². The van der Waals surface area contributed by atoms with E-state index >= 15 is 0 Å². The molecule has 1 saturated carbocycles. The van der Waals surface area contributed by atoms with E-state index in [9.17, 15) is 0 Å². The zero-order valence-electron chi connectivity index (χ0n) is 9.00. The van der Waals surface area contributed by atoms with Crippen molar-refractivity contribution in [2.24, 2.45) is 0 Å². The topological polar surface area (TPSA) is 33.0 Å².